The van der Waals surface area contributed by atoms with Crippen LogP contribution < -0.4 is 10.5 Å². The van der Waals surface area contributed by atoms with Gasteiger partial charge in [-0.25, -0.2) is 13.6 Å². The van der Waals surface area contributed by atoms with Crippen molar-refractivity contribution < 1.29 is 18.6 Å². The number of primary sulfonamides is 1. The second kappa shape index (κ2) is 5.56. The van der Waals surface area contributed by atoms with Gasteiger partial charge in [-0.2, -0.15) is 0 Å². The monoisotopic (exact) mass is 260 g/mol. The number of rotatable bonds is 5. The lowest BCUT2D eigenvalue weighted by atomic mass is 10.0. The molecule has 0 aliphatic rings. The summed E-state index contributed by atoms with van der Waals surface area (Å²) in [6.45, 7) is 0.139. The van der Waals surface area contributed by atoms with Crippen LogP contribution in [-0.2, 0) is 10.0 Å². The highest BCUT2D eigenvalue weighted by molar-refractivity contribution is 7.89. The van der Waals surface area contributed by atoms with E-state index in [2.05, 4.69) is 5.32 Å². The molecule has 0 fully saturated rings. The molecule has 0 amide bonds. The van der Waals surface area contributed by atoms with Gasteiger partial charge in [-0.05, 0) is 13.1 Å². The molecule has 1 aromatic carbocycles. The summed E-state index contributed by atoms with van der Waals surface area (Å²) >= 11 is 0. The first kappa shape index (κ1) is 14.1. The molecule has 0 bridgehead atoms. The number of likely N-dealkylation sites (N-methyl/N-ethyl adjacent to an activating group) is 1. The van der Waals surface area contributed by atoms with Gasteiger partial charge in [0.1, 0.15) is 6.10 Å². The molecule has 0 saturated heterocycles. The summed E-state index contributed by atoms with van der Waals surface area (Å²) in [6, 6.07) is 5.78. The van der Waals surface area contributed by atoms with Gasteiger partial charge in [-0.15, -0.1) is 0 Å². The number of sulfonamides is 1. The van der Waals surface area contributed by atoms with Crippen LogP contribution in [0.3, 0.4) is 0 Å². The van der Waals surface area contributed by atoms with Crippen molar-refractivity contribution in [3.05, 3.63) is 29.8 Å². The fourth-order valence-corrected chi connectivity index (χ4v) is 2.30. The quantitative estimate of drug-likeness (QED) is 0.539. The van der Waals surface area contributed by atoms with Crippen LogP contribution in [-0.4, -0.2) is 38.3 Å². The Hall–Kier alpha value is -0.990. The first-order valence-electron chi connectivity index (χ1n) is 5.00. The number of hydrogen-bond acceptors (Lipinski definition) is 5. The van der Waals surface area contributed by atoms with Gasteiger partial charge in [0, 0.05) is 12.1 Å². The summed E-state index contributed by atoms with van der Waals surface area (Å²) in [7, 11) is -2.31. The first-order valence-corrected chi connectivity index (χ1v) is 6.55. The largest absolute Gasteiger partial charge is 0.389 e. The Morgan fingerprint density at radius 1 is 1.35 bits per heavy atom. The summed E-state index contributed by atoms with van der Waals surface area (Å²) < 4.78 is 22.6. The van der Waals surface area contributed by atoms with Crippen LogP contribution in [0.25, 0.3) is 0 Å². The minimum atomic E-state index is -3.92. The van der Waals surface area contributed by atoms with Crippen molar-refractivity contribution in [3.8, 4) is 0 Å². The molecule has 5 N–H and O–H groups in total. The second-order valence-electron chi connectivity index (χ2n) is 3.65. The van der Waals surface area contributed by atoms with E-state index < -0.39 is 22.2 Å². The molecule has 0 radical (unpaired) electrons. The molecule has 1 aromatic rings. The van der Waals surface area contributed by atoms with Crippen LogP contribution in [0.2, 0.25) is 0 Å². The Kier molecular flexibility index (Phi) is 4.61. The second-order valence-corrected chi connectivity index (χ2v) is 5.18. The molecule has 0 saturated carbocycles. The molecule has 0 spiro atoms. The molecule has 6 nitrogen and oxygen atoms in total. The molecule has 1 rings (SSSR count). The fourth-order valence-electron chi connectivity index (χ4n) is 1.51. The predicted molar refractivity (Wildman–Crippen MR) is 62.7 cm³/mol. The van der Waals surface area contributed by atoms with E-state index in [1.54, 1.807) is 13.1 Å². The molecule has 96 valence electrons. The van der Waals surface area contributed by atoms with Crippen LogP contribution in [0.4, 0.5) is 0 Å². The summed E-state index contributed by atoms with van der Waals surface area (Å²) in [4.78, 5) is -0.178. The van der Waals surface area contributed by atoms with Gasteiger partial charge in [0.2, 0.25) is 10.0 Å². The van der Waals surface area contributed by atoms with Crippen LogP contribution in [0.5, 0.6) is 0 Å². The maximum Gasteiger partial charge on any atom is 0.238 e. The van der Waals surface area contributed by atoms with Crippen molar-refractivity contribution in [2.75, 3.05) is 13.6 Å². The molecular weight excluding hydrogens is 244 g/mol. The lowest BCUT2D eigenvalue weighted by Crippen LogP contribution is -2.30. The number of nitrogens with two attached hydrogens (primary N) is 1. The predicted octanol–water partition coefficient (Wildman–Crippen LogP) is -1.05. The highest BCUT2D eigenvalue weighted by Crippen LogP contribution is 2.23. The number of nitrogens with one attached hydrogen (secondary N) is 1. The summed E-state index contributed by atoms with van der Waals surface area (Å²) in [5.74, 6) is 0. The van der Waals surface area contributed by atoms with E-state index in [-0.39, 0.29) is 17.0 Å². The maximum absolute atomic E-state index is 11.3. The smallest absolute Gasteiger partial charge is 0.238 e. The zero-order chi connectivity index (χ0) is 13.1. The summed E-state index contributed by atoms with van der Waals surface area (Å²) in [5, 5.41) is 27.2. The molecule has 2 unspecified atom stereocenters. The van der Waals surface area contributed by atoms with E-state index in [4.69, 9.17) is 5.14 Å². The molecule has 0 aliphatic carbocycles. The van der Waals surface area contributed by atoms with Crippen molar-refractivity contribution in [2.24, 2.45) is 5.14 Å². The van der Waals surface area contributed by atoms with Crippen LogP contribution >= 0.6 is 0 Å². The van der Waals surface area contributed by atoms with Crippen molar-refractivity contribution in [1.29, 1.82) is 0 Å². The zero-order valence-corrected chi connectivity index (χ0v) is 10.2. The number of aliphatic hydroxyl groups excluding tert-OH is 2. The SMILES string of the molecule is CNCC(O)C(O)c1ccccc1S(N)(=O)=O. The third-order valence-electron chi connectivity index (χ3n) is 2.32. The van der Waals surface area contributed by atoms with Crippen LogP contribution in [0.1, 0.15) is 11.7 Å². The zero-order valence-electron chi connectivity index (χ0n) is 9.37. The number of benzene rings is 1. The van der Waals surface area contributed by atoms with Gasteiger partial charge < -0.3 is 15.5 Å². The van der Waals surface area contributed by atoms with Crippen LogP contribution in [0, 0.1) is 0 Å². The third-order valence-corrected chi connectivity index (χ3v) is 3.31. The maximum atomic E-state index is 11.3. The summed E-state index contributed by atoms with van der Waals surface area (Å²) in [6.07, 6.45) is -2.42. The number of aliphatic hydroxyl groups is 2. The fraction of sp³-hybridized carbons (Fsp3) is 0.400. The molecule has 0 aliphatic heterocycles. The molecule has 7 heteroatoms. The topological polar surface area (TPSA) is 113 Å². The Labute approximate surface area is 100 Å². The molecule has 2 atom stereocenters. The van der Waals surface area contributed by atoms with Gasteiger partial charge in [0.25, 0.3) is 0 Å². The Morgan fingerprint density at radius 2 is 1.94 bits per heavy atom. The average molecular weight is 260 g/mol. The highest BCUT2D eigenvalue weighted by Gasteiger charge is 2.24. The third kappa shape index (κ3) is 3.48. The Balaban J connectivity index is 3.14. The van der Waals surface area contributed by atoms with E-state index in [1.807, 2.05) is 0 Å². The molecule has 0 heterocycles. The van der Waals surface area contributed by atoms with Crippen molar-refractivity contribution in [1.82, 2.24) is 5.32 Å². The first-order chi connectivity index (χ1) is 7.88. The Morgan fingerprint density at radius 3 is 2.47 bits per heavy atom. The van der Waals surface area contributed by atoms with E-state index in [9.17, 15) is 18.6 Å². The molecule has 0 aromatic heterocycles. The number of hydrogen-bond donors (Lipinski definition) is 4. The normalized spacial score (nSPS) is 15.5. The van der Waals surface area contributed by atoms with Crippen molar-refractivity contribution >= 4 is 10.0 Å². The van der Waals surface area contributed by atoms with Gasteiger partial charge in [-0.1, -0.05) is 18.2 Å². The van der Waals surface area contributed by atoms with Gasteiger partial charge in [-0.3, -0.25) is 0 Å². The van der Waals surface area contributed by atoms with E-state index in [1.165, 1.54) is 18.2 Å². The van der Waals surface area contributed by atoms with Crippen molar-refractivity contribution in [2.45, 2.75) is 17.1 Å². The van der Waals surface area contributed by atoms with Gasteiger partial charge >= 0.3 is 0 Å². The summed E-state index contributed by atoms with van der Waals surface area (Å²) in [5.41, 5.74) is 0.0951. The van der Waals surface area contributed by atoms with E-state index in [0.717, 1.165) is 0 Å². The van der Waals surface area contributed by atoms with E-state index >= 15 is 0 Å². The lowest BCUT2D eigenvalue weighted by Gasteiger charge is -2.19. The lowest BCUT2D eigenvalue weighted by molar-refractivity contribution is 0.0186. The standard InChI is InChI=1S/C10H16N2O4S/c1-12-6-8(13)10(14)7-4-2-3-5-9(7)17(11,15)16/h2-5,8,10,12-14H,6H2,1H3,(H2,11,15,16). The highest BCUT2D eigenvalue weighted by atomic mass is 32.2. The Bertz CT molecular complexity index is 475. The minimum Gasteiger partial charge on any atom is -0.389 e. The van der Waals surface area contributed by atoms with Crippen LogP contribution in [0.15, 0.2) is 29.2 Å². The molecular formula is C10H16N2O4S. The average Bonchev–Trinajstić information content (AvgIpc) is 2.27. The van der Waals surface area contributed by atoms with Gasteiger partial charge in [0.05, 0.1) is 11.0 Å². The van der Waals surface area contributed by atoms with E-state index in [0.29, 0.717) is 0 Å². The molecule has 17 heavy (non-hydrogen) atoms. The van der Waals surface area contributed by atoms with Gasteiger partial charge in [0.15, 0.2) is 0 Å². The minimum absolute atomic E-state index is 0.0951. The van der Waals surface area contributed by atoms with Crippen molar-refractivity contribution in [3.63, 3.8) is 0 Å².